The third kappa shape index (κ3) is 5.95. The molecule has 0 aromatic carbocycles. The van der Waals surface area contributed by atoms with Crippen LogP contribution in [0.5, 0.6) is 0 Å². The number of nitrogens with two attached hydrogens (primary N) is 2. The van der Waals surface area contributed by atoms with E-state index in [1.165, 1.54) is 0 Å². The Bertz CT molecular complexity index is 138. The maximum absolute atomic E-state index is 9.93. The Labute approximate surface area is 82.0 Å². The van der Waals surface area contributed by atoms with Gasteiger partial charge in [-0.3, -0.25) is 4.79 Å². The number of aliphatic carboxylic acids is 1. The molecule has 0 amide bonds. The molecule has 56 valence electrons. The molecule has 0 aliphatic rings. The van der Waals surface area contributed by atoms with Crippen LogP contribution in [-0.4, -0.2) is 23.0 Å². The molecule has 0 aliphatic carbocycles. The quantitative estimate of drug-likeness (QED) is 0.277. The van der Waals surface area contributed by atoms with Gasteiger partial charge in [0.15, 0.2) is 0 Å². The van der Waals surface area contributed by atoms with E-state index in [2.05, 4.69) is 0 Å². The molecule has 1 unspecified atom stereocenters. The standard InChI is InChI=1S/C4H8N3O2.U/c5-2(4(8)9)1-3(6)7;/h1-2H,5H2,(H3,6,7)(H,8,9);/q-1;. The molecule has 0 aromatic rings. The van der Waals surface area contributed by atoms with Gasteiger partial charge in [0.25, 0.3) is 5.97 Å². The number of carboxylic acids is 1. The summed E-state index contributed by atoms with van der Waals surface area (Å²) in [5.74, 6) is -1.52. The van der Waals surface area contributed by atoms with Crippen molar-refractivity contribution in [1.82, 2.24) is 0 Å². The Kier molecular flexibility index (Phi) is 6.99. The van der Waals surface area contributed by atoms with Crippen LogP contribution in [-0.2, 0) is 4.79 Å². The summed E-state index contributed by atoms with van der Waals surface area (Å²) in [6.45, 7) is 0. The van der Waals surface area contributed by atoms with Crippen LogP contribution >= 0.6 is 0 Å². The molecule has 0 bridgehead atoms. The average Bonchev–Trinajstić information content (AvgIpc) is 1.63. The third-order valence-electron chi connectivity index (χ3n) is 0.644. The van der Waals surface area contributed by atoms with Crippen molar-refractivity contribution in [3.8, 4) is 0 Å². The molecule has 6 N–H and O–H groups in total. The van der Waals surface area contributed by atoms with Crippen LogP contribution < -0.4 is 11.5 Å². The summed E-state index contributed by atoms with van der Waals surface area (Å²) in [5, 5.41) is 14.7. The van der Waals surface area contributed by atoms with E-state index in [9.17, 15) is 4.79 Å². The van der Waals surface area contributed by atoms with Crippen molar-refractivity contribution in [2.24, 2.45) is 11.5 Å². The predicted octanol–water partition coefficient (Wildman–Crippen LogP) is -1.46. The average molecular weight is 368 g/mol. The van der Waals surface area contributed by atoms with Crippen LogP contribution in [0.3, 0.4) is 0 Å². The number of amidine groups is 1. The molecule has 0 aromatic heterocycles. The van der Waals surface area contributed by atoms with Gasteiger partial charge in [-0.2, -0.15) is 0 Å². The molecule has 0 aliphatic heterocycles. The summed E-state index contributed by atoms with van der Waals surface area (Å²) >= 11 is 0. The Balaban J connectivity index is 0. The fourth-order valence-electron chi connectivity index (χ4n) is 0.265. The van der Waals surface area contributed by atoms with Gasteiger partial charge in [-0.25, -0.2) is 0 Å². The number of nitrogens with one attached hydrogen (secondary N) is 1. The fraction of sp³-hybridized carbons (Fsp3) is 0.250. The van der Waals surface area contributed by atoms with Crippen LogP contribution in [0.25, 0.3) is 0 Å². The molecule has 5 nitrogen and oxygen atoms in total. The molecular formula is C4H8N3O2U-. The van der Waals surface area contributed by atoms with Gasteiger partial charge in [-0.15, -0.1) is 0 Å². The molecule has 0 saturated carbocycles. The number of hydrogen-bond acceptors (Lipinski definition) is 3. The Morgan fingerprint density at radius 2 is 2.10 bits per heavy atom. The topological polar surface area (TPSA) is 113 Å². The number of hydrogen-bond donors (Lipinski definition) is 4. The number of carbonyl (C=O) groups is 1. The van der Waals surface area contributed by atoms with E-state index < -0.39 is 12.0 Å². The van der Waals surface area contributed by atoms with Crippen molar-refractivity contribution in [3.63, 3.8) is 0 Å². The minimum atomic E-state index is -1.19. The van der Waals surface area contributed by atoms with Gasteiger partial charge in [0.05, 0.1) is 0 Å². The minimum absolute atomic E-state index is 0. The molecule has 1 atom stereocenters. The zero-order valence-corrected chi connectivity index (χ0v) is 9.33. The van der Waals surface area contributed by atoms with Crippen molar-refractivity contribution < 1.29 is 41.0 Å². The molecule has 0 radical (unpaired) electrons. The first-order valence-corrected chi connectivity index (χ1v) is 2.21. The SMILES string of the molecule is N=C(N)[CH-]C(N)C(=O)O.[U]. The van der Waals surface area contributed by atoms with Crippen LogP contribution in [0.2, 0.25) is 0 Å². The normalized spacial score (nSPS) is 10.9. The Hall–Kier alpha value is -0.178. The number of rotatable bonds is 3. The van der Waals surface area contributed by atoms with Crippen molar-refractivity contribution in [3.05, 3.63) is 6.42 Å². The maximum Gasteiger partial charge on any atom is 0.292 e. The molecule has 0 rings (SSSR count). The number of carboxylic acid groups (broad SMARTS) is 1. The summed E-state index contributed by atoms with van der Waals surface area (Å²) < 4.78 is 0. The monoisotopic (exact) mass is 368 g/mol. The van der Waals surface area contributed by atoms with Gasteiger partial charge in [0.1, 0.15) is 0 Å². The van der Waals surface area contributed by atoms with Crippen LogP contribution in [0.15, 0.2) is 0 Å². The minimum Gasteiger partial charge on any atom is -0.482 e. The van der Waals surface area contributed by atoms with E-state index >= 15 is 0 Å². The summed E-state index contributed by atoms with van der Waals surface area (Å²) in [4.78, 5) is 9.93. The second-order valence-electron chi connectivity index (χ2n) is 1.49. The van der Waals surface area contributed by atoms with E-state index in [0.717, 1.165) is 6.42 Å². The van der Waals surface area contributed by atoms with E-state index in [1.807, 2.05) is 0 Å². The first-order valence-electron chi connectivity index (χ1n) is 2.21. The van der Waals surface area contributed by atoms with Gasteiger partial charge in [0.2, 0.25) is 0 Å². The van der Waals surface area contributed by atoms with E-state index in [0.29, 0.717) is 0 Å². The summed E-state index contributed by atoms with van der Waals surface area (Å²) in [6.07, 6.45) is 0.947. The van der Waals surface area contributed by atoms with Gasteiger partial charge < -0.3 is 28.4 Å². The molecule has 6 heteroatoms. The van der Waals surface area contributed by atoms with Crippen LogP contribution in [0.1, 0.15) is 0 Å². The second kappa shape index (κ2) is 5.59. The first-order chi connectivity index (χ1) is 4.04. The molecule has 0 spiro atoms. The summed E-state index contributed by atoms with van der Waals surface area (Å²) in [7, 11) is 0. The van der Waals surface area contributed by atoms with Crippen LogP contribution in [0, 0.1) is 42.9 Å². The van der Waals surface area contributed by atoms with Crippen LogP contribution in [0.4, 0.5) is 0 Å². The smallest absolute Gasteiger partial charge is 0.292 e. The summed E-state index contributed by atoms with van der Waals surface area (Å²) in [5.41, 5.74) is 9.76. The van der Waals surface area contributed by atoms with Crippen molar-refractivity contribution in [2.75, 3.05) is 0 Å². The molecule has 0 heterocycles. The fourth-order valence-corrected chi connectivity index (χ4v) is 0.265. The Morgan fingerprint density at radius 1 is 1.70 bits per heavy atom. The van der Waals surface area contributed by atoms with Gasteiger partial charge in [0, 0.05) is 31.1 Å². The van der Waals surface area contributed by atoms with Gasteiger partial charge in [-0.05, 0) is 11.9 Å². The van der Waals surface area contributed by atoms with Crippen molar-refractivity contribution in [2.45, 2.75) is 6.04 Å². The molecule has 0 saturated heterocycles. The van der Waals surface area contributed by atoms with Crippen molar-refractivity contribution >= 4 is 11.8 Å². The zero-order valence-electron chi connectivity index (χ0n) is 5.16. The van der Waals surface area contributed by atoms with E-state index in [1.54, 1.807) is 0 Å². The molecule has 0 fully saturated rings. The largest absolute Gasteiger partial charge is 0.482 e. The van der Waals surface area contributed by atoms with Gasteiger partial charge in [-0.1, -0.05) is 0 Å². The Morgan fingerprint density at radius 3 is 2.20 bits per heavy atom. The predicted molar refractivity (Wildman–Crippen MR) is 31.8 cm³/mol. The maximum atomic E-state index is 9.93. The third-order valence-corrected chi connectivity index (χ3v) is 0.644. The van der Waals surface area contributed by atoms with E-state index in [4.69, 9.17) is 22.0 Å². The molecule has 10 heavy (non-hydrogen) atoms. The molecular weight excluding hydrogens is 360 g/mol. The summed E-state index contributed by atoms with van der Waals surface area (Å²) in [6, 6.07) is -1.16. The zero-order chi connectivity index (χ0) is 7.44. The van der Waals surface area contributed by atoms with Gasteiger partial charge >= 0.3 is 0 Å². The van der Waals surface area contributed by atoms with E-state index in [-0.39, 0.29) is 36.9 Å². The first kappa shape index (κ1) is 12.5. The second-order valence-corrected chi connectivity index (χ2v) is 1.49. The van der Waals surface area contributed by atoms with Crippen molar-refractivity contribution in [1.29, 1.82) is 5.41 Å².